The summed E-state index contributed by atoms with van der Waals surface area (Å²) in [5.74, 6) is 1.74. The van der Waals surface area contributed by atoms with Crippen LogP contribution in [0.1, 0.15) is 49.8 Å². The number of carbonyl (C=O) groups excluding carboxylic acids is 1. The van der Waals surface area contributed by atoms with Crippen molar-refractivity contribution in [3.05, 3.63) is 35.4 Å². The Morgan fingerprint density at radius 3 is 2.48 bits per heavy atom. The van der Waals surface area contributed by atoms with E-state index in [1.165, 1.54) is 36.8 Å². The van der Waals surface area contributed by atoms with Gasteiger partial charge in [0.25, 0.3) is 0 Å². The second-order valence-electron chi connectivity index (χ2n) is 8.05. The average Bonchev–Trinajstić information content (AvgIpc) is 3.54. The van der Waals surface area contributed by atoms with E-state index in [1.807, 2.05) is 0 Å². The van der Waals surface area contributed by atoms with Gasteiger partial charge in [-0.05, 0) is 55.1 Å². The van der Waals surface area contributed by atoms with Crippen molar-refractivity contribution in [2.45, 2.75) is 51.1 Å². The van der Waals surface area contributed by atoms with Crippen LogP contribution in [-0.2, 0) is 11.2 Å². The number of nitrogens with one attached hydrogen (secondary N) is 2. The smallest absolute Gasteiger partial charge is 0.234 e. The lowest BCUT2D eigenvalue weighted by Gasteiger charge is -2.36. The molecule has 2 saturated carbocycles. The van der Waals surface area contributed by atoms with Crippen molar-refractivity contribution >= 4 is 5.91 Å². The van der Waals surface area contributed by atoms with Crippen LogP contribution in [-0.4, -0.2) is 43.0 Å². The molecule has 136 valence electrons. The molecule has 1 amide bonds. The van der Waals surface area contributed by atoms with Crippen LogP contribution in [0.3, 0.4) is 0 Å². The second kappa shape index (κ2) is 7.46. The molecular weight excluding hydrogens is 310 g/mol. The van der Waals surface area contributed by atoms with Crippen LogP contribution < -0.4 is 10.6 Å². The maximum atomic E-state index is 12.7. The topological polar surface area (TPSA) is 44.4 Å². The monoisotopic (exact) mass is 341 g/mol. The van der Waals surface area contributed by atoms with E-state index in [2.05, 4.69) is 46.7 Å². The minimum atomic E-state index is 0.223. The van der Waals surface area contributed by atoms with Crippen molar-refractivity contribution < 1.29 is 4.79 Å². The van der Waals surface area contributed by atoms with Gasteiger partial charge in [0.15, 0.2) is 0 Å². The van der Waals surface area contributed by atoms with Crippen molar-refractivity contribution in [3.63, 3.8) is 0 Å². The number of amides is 1. The lowest BCUT2D eigenvalue weighted by Crippen LogP contribution is -2.51. The summed E-state index contributed by atoms with van der Waals surface area (Å²) in [6, 6.07) is 9.66. The fourth-order valence-electron chi connectivity index (χ4n) is 4.19. The molecule has 0 aromatic heterocycles. The summed E-state index contributed by atoms with van der Waals surface area (Å²) in [7, 11) is 0. The van der Waals surface area contributed by atoms with Crippen LogP contribution in [0.5, 0.6) is 0 Å². The molecule has 2 aliphatic carbocycles. The van der Waals surface area contributed by atoms with E-state index >= 15 is 0 Å². The van der Waals surface area contributed by atoms with E-state index in [9.17, 15) is 4.79 Å². The summed E-state index contributed by atoms with van der Waals surface area (Å²) in [6.45, 7) is 5.53. The van der Waals surface area contributed by atoms with E-state index in [1.54, 1.807) is 0 Å². The molecule has 4 nitrogen and oxygen atoms in total. The lowest BCUT2D eigenvalue weighted by molar-refractivity contribution is -0.124. The number of rotatable bonds is 7. The van der Waals surface area contributed by atoms with E-state index in [0.29, 0.717) is 18.6 Å². The van der Waals surface area contributed by atoms with Crippen LogP contribution in [0.2, 0.25) is 0 Å². The molecule has 4 heteroatoms. The quantitative estimate of drug-likeness (QED) is 0.801. The predicted molar refractivity (Wildman–Crippen MR) is 100 cm³/mol. The minimum absolute atomic E-state index is 0.223. The second-order valence-corrected chi connectivity index (χ2v) is 8.05. The minimum Gasteiger partial charge on any atom is -0.352 e. The highest BCUT2D eigenvalue weighted by molar-refractivity contribution is 5.78. The zero-order chi connectivity index (χ0) is 17.2. The molecule has 3 fully saturated rings. The first-order chi connectivity index (χ1) is 12.2. The van der Waals surface area contributed by atoms with Gasteiger partial charge in [-0.1, -0.05) is 31.2 Å². The van der Waals surface area contributed by atoms with Gasteiger partial charge in [-0.3, -0.25) is 9.69 Å². The summed E-state index contributed by atoms with van der Waals surface area (Å²) in [5, 5.41) is 6.87. The molecule has 1 saturated heterocycles. The van der Waals surface area contributed by atoms with Crippen molar-refractivity contribution in [2.24, 2.45) is 11.8 Å². The third-order valence-corrected chi connectivity index (χ3v) is 6.06. The highest BCUT2D eigenvalue weighted by atomic mass is 16.2. The highest BCUT2D eigenvalue weighted by Gasteiger charge is 2.42. The van der Waals surface area contributed by atoms with Gasteiger partial charge in [0.1, 0.15) is 0 Å². The molecule has 1 aromatic carbocycles. The largest absolute Gasteiger partial charge is 0.352 e. The molecule has 0 radical (unpaired) electrons. The molecule has 25 heavy (non-hydrogen) atoms. The van der Waals surface area contributed by atoms with Gasteiger partial charge < -0.3 is 10.6 Å². The molecule has 1 aromatic rings. The Kier molecular flexibility index (Phi) is 5.09. The average molecular weight is 341 g/mol. The molecule has 4 rings (SSSR count). The summed E-state index contributed by atoms with van der Waals surface area (Å²) in [5.41, 5.74) is 2.69. The zero-order valence-electron chi connectivity index (χ0n) is 15.3. The lowest BCUT2D eigenvalue weighted by atomic mass is 10.0. The van der Waals surface area contributed by atoms with Gasteiger partial charge >= 0.3 is 0 Å². The Balaban J connectivity index is 1.38. The molecule has 2 N–H and O–H groups in total. The Morgan fingerprint density at radius 2 is 1.88 bits per heavy atom. The summed E-state index contributed by atoms with van der Waals surface area (Å²) in [4.78, 5) is 15.0. The fraction of sp³-hybridized carbons (Fsp3) is 0.667. The standard InChI is InChI=1S/C21H31N3O/c1-2-15-3-5-16(6-4-15)19-13-22-11-12-24(19)14-20(25)23-21(17-7-8-17)18-9-10-18/h3-6,17-19,21-22H,2,7-14H2,1H3,(H,23,25). The number of hydrogen-bond acceptors (Lipinski definition) is 3. The Morgan fingerprint density at radius 1 is 1.20 bits per heavy atom. The fourth-order valence-corrected chi connectivity index (χ4v) is 4.19. The Bertz CT molecular complexity index is 580. The molecule has 0 spiro atoms. The van der Waals surface area contributed by atoms with Crippen LogP contribution >= 0.6 is 0 Å². The number of nitrogens with zero attached hydrogens (tertiary/aromatic N) is 1. The Hall–Kier alpha value is -1.39. The van der Waals surface area contributed by atoms with Crippen LogP contribution in [0, 0.1) is 11.8 Å². The van der Waals surface area contributed by atoms with Crippen LogP contribution in [0.15, 0.2) is 24.3 Å². The molecule has 0 bridgehead atoms. The van der Waals surface area contributed by atoms with E-state index in [4.69, 9.17) is 0 Å². The predicted octanol–water partition coefficient (Wildman–Crippen LogP) is 2.50. The molecule has 3 aliphatic rings. The first-order valence-electron chi connectivity index (χ1n) is 10.1. The van der Waals surface area contributed by atoms with Crippen LogP contribution in [0.4, 0.5) is 0 Å². The SMILES string of the molecule is CCc1ccc(C2CNCCN2CC(=O)NC(C2CC2)C2CC2)cc1. The highest BCUT2D eigenvalue weighted by Crippen LogP contribution is 2.44. The van der Waals surface area contributed by atoms with Gasteiger partial charge in [0, 0.05) is 31.7 Å². The number of hydrogen-bond donors (Lipinski definition) is 2. The van der Waals surface area contributed by atoms with Gasteiger partial charge in [0.2, 0.25) is 5.91 Å². The van der Waals surface area contributed by atoms with E-state index in [0.717, 1.165) is 37.9 Å². The maximum Gasteiger partial charge on any atom is 0.234 e. The number of aryl methyl sites for hydroxylation is 1. The first-order valence-corrected chi connectivity index (χ1v) is 10.1. The summed E-state index contributed by atoms with van der Waals surface area (Å²) in [6.07, 6.45) is 6.30. The van der Waals surface area contributed by atoms with Gasteiger partial charge in [-0.15, -0.1) is 0 Å². The van der Waals surface area contributed by atoms with Crippen molar-refractivity contribution in [2.75, 3.05) is 26.2 Å². The first kappa shape index (κ1) is 17.0. The zero-order valence-corrected chi connectivity index (χ0v) is 15.3. The number of carbonyl (C=O) groups is 1. The van der Waals surface area contributed by atoms with Crippen molar-refractivity contribution in [1.29, 1.82) is 0 Å². The van der Waals surface area contributed by atoms with E-state index in [-0.39, 0.29) is 5.91 Å². The maximum absolute atomic E-state index is 12.7. The molecular formula is C21H31N3O. The number of benzene rings is 1. The molecule has 1 aliphatic heterocycles. The molecule has 1 unspecified atom stereocenters. The van der Waals surface area contributed by atoms with Crippen molar-refractivity contribution in [1.82, 2.24) is 15.5 Å². The van der Waals surface area contributed by atoms with Crippen molar-refractivity contribution in [3.8, 4) is 0 Å². The van der Waals surface area contributed by atoms with Gasteiger partial charge in [-0.2, -0.15) is 0 Å². The molecule has 1 atom stereocenters. The van der Waals surface area contributed by atoms with Gasteiger partial charge in [-0.25, -0.2) is 0 Å². The Labute approximate surface area is 151 Å². The third-order valence-electron chi connectivity index (χ3n) is 6.06. The van der Waals surface area contributed by atoms with Crippen LogP contribution in [0.25, 0.3) is 0 Å². The van der Waals surface area contributed by atoms with E-state index < -0.39 is 0 Å². The van der Waals surface area contributed by atoms with Gasteiger partial charge in [0.05, 0.1) is 6.54 Å². The summed E-state index contributed by atoms with van der Waals surface area (Å²) < 4.78 is 0. The number of piperazine rings is 1. The summed E-state index contributed by atoms with van der Waals surface area (Å²) >= 11 is 0. The third kappa shape index (κ3) is 4.24. The molecule has 1 heterocycles. The normalized spacial score (nSPS) is 24.5.